The van der Waals surface area contributed by atoms with Crippen molar-refractivity contribution in [2.24, 2.45) is 0 Å². The van der Waals surface area contributed by atoms with E-state index in [2.05, 4.69) is 25.6 Å². The van der Waals surface area contributed by atoms with E-state index in [1.807, 2.05) is 13.0 Å². The first kappa shape index (κ1) is 25.0. The van der Waals surface area contributed by atoms with Gasteiger partial charge in [0.05, 0.1) is 18.3 Å². The van der Waals surface area contributed by atoms with Crippen molar-refractivity contribution in [3.63, 3.8) is 0 Å². The van der Waals surface area contributed by atoms with Gasteiger partial charge in [0.1, 0.15) is 18.1 Å². The SMILES string of the molecule is COc1cccnc1-c1cc(C(=O)Nc2nnc(-n3nccc3C)s2)oc(=O)c1OCC(C)(C)OC. The van der Waals surface area contributed by atoms with E-state index >= 15 is 0 Å². The zero-order chi connectivity index (χ0) is 25.9. The van der Waals surface area contributed by atoms with Crippen LogP contribution in [0.5, 0.6) is 11.5 Å². The number of amides is 1. The molecule has 1 N–H and O–H groups in total. The molecule has 0 fully saturated rings. The number of aryl methyl sites for hydroxylation is 1. The first-order chi connectivity index (χ1) is 17.2. The molecule has 1 amide bonds. The van der Waals surface area contributed by atoms with Crippen LogP contribution in [0.15, 0.2) is 45.9 Å². The van der Waals surface area contributed by atoms with Gasteiger partial charge >= 0.3 is 5.63 Å². The average molecular weight is 513 g/mol. The highest BCUT2D eigenvalue weighted by atomic mass is 32.1. The van der Waals surface area contributed by atoms with Crippen LogP contribution in [0.1, 0.15) is 30.1 Å². The van der Waals surface area contributed by atoms with E-state index in [1.165, 1.54) is 26.5 Å². The maximum atomic E-state index is 13.0. The largest absolute Gasteiger partial charge is 0.494 e. The number of methoxy groups -OCH3 is 2. The number of ether oxygens (including phenoxy) is 3. The average Bonchev–Trinajstić information content (AvgIpc) is 3.51. The van der Waals surface area contributed by atoms with Gasteiger partial charge in [0, 0.05) is 31.3 Å². The van der Waals surface area contributed by atoms with Crippen molar-refractivity contribution in [1.29, 1.82) is 0 Å². The van der Waals surface area contributed by atoms with Crippen LogP contribution < -0.4 is 20.4 Å². The molecule has 4 aromatic heterocycles. The summed E-state index contributed by atoms with van der Waals surface area (Å²) in [5.41, 5.74) is -0.153. The molecular formula is C23H24N6O6S. The monoisotopic (exact) mass is 512 g/mol. The number of aromatic nitrogens is 5. The number of hydrogen-bond acceptors (Lipinski definition) is 11. The van der Waals surface area contributed by atoms with Gasteiger partial charge in [0.15, 0.2) is 5.76 Å². The number of carbonyl (C=O) groups is 1. The van der Waals surface area contributed by atoms with Crippen LogP contribution in [-0.4, -0.2) is 57.3 Å². The number of hydrogen-bond donors (Lipinski definition) is 1. The number of rotatable bonds is 9. The summed E-state index contributed by atoms with van der Waals surface area (Å²) in [5.74, 6) is -0.713. The van der Waals surface area contributed by atoms with Gasteiger partial charge in [-0.2, -0.15) is 5.10 Å². The Balaban J connectivity index is 1.69. The molecule has 0 saturated heterocycles. The molecule has 0 unspecified atom stereocenters. The minimum Gasteiger partial charge on any atom is -0.494 e. The van der Waals surface area contributed by atoms with Gasteiger partial charge in [-0.1, -0.05) is 11.3 Å². The molecule has 188 valence electrons. The smallest absolute Gasteiger partial charge is 0.379 e. The highest BCUT2D eigenvalue weighted by Crippen LogP contribution is 2.34. The molecule has 0 aliphatic carbocycles. The number of nitrogens with zero attached hydrogens (tertiary/aromatic N) is 5. The Bertz CT molecular complexity index is 1440. The molecule has 0 radical (unpaired) electrons. The summed E-state index contributed by atoms with van der Waals surface area (Å²) < 4.78 is 23.5. The van der Waals surface area contributed by atoms with Crippen molar-refractivity contribution in [3.8, 4) is 27.9 Å². The zero-order valence-electron chi connectivity index (χ0n) is 20.3. The van der Waals surface area contributed by atoms with E-state index in [9.17, 15) is 9.59 Å². The number of anilines is 1. The molecule has 0 aliphatic heterocycles. The summed E-state index contributed by atoms with van der Waals surface area (Å²) in [4.78, 5) is 30.3. The van der Waals surface area contributed by atoms with Crippen LogP contribution in [0, 0.1) is 6.92 Å². The molecule has 0 saturated carbocycles. The van der Waals surface area contributed by atoms with Gasteiger partial charge in [0.2, 0.25) is 16.0 Å². The highest BCUT2D eigenvalue weighted by molar-refractivity contribution is 7.17. The molecule has 0 atom stereocenters. The van der Waals surface area contributed by atoms with E-state index in [4.69, 9.17) is 18.6 Å². The molecule has 4 aromatic rings. The number of nitrogens with one attached hydrogen (secondary N) is 1. The van der Waals surface area contributed by atoms with Crippen molar-refractivity contribution in [3.05, 3.63) is 58.5 Å². The molecule has 4 heterocycles. The lowest BCUT2D eigenvalue weighted by atomic mass is 10.1. The maximum Gasteiger partial charge on any atom is 0.379 e. The van der Waals surface area contributed by atoms with Crippen LogP contribution in [0.25, 0.3) is 16.4 Å². The second-order valence-corrected chi connectivity index (χ2v) is 9.13. The Labute approximate surface area is 209 Å². The first-order valence-corrected chi connectivity index (χ1v) is 11.6. The van der Waals surface area contributed by atoms with Crippen LogP contribution in [0.4, 0.5) is 5.13 Å². The number of pyridine rings is 1. The summed E-state index contributed by atoms with van der Waals surface area (Å²) in [5, 5.41) is 15.5. The van der Waals surface area contributed by atoms with Crippen molar-refractivity contribution in [1.82, 2.24) is 25.0 Å². The topological polar surface area (TPSA) is 143 Å². The lowest BCUT2D eigenvalue weighted by Gasteiger charge is -2.23. The van der Waals surface area contributed by atoms with Crippen LogP contribution >= 0.6 is 11.3 Å². The van der Waals surface area contributed by atoms with E-state index in [0.717, 1.165) is 17.0 Å². The summed E-state index contributed by atoms with van der Waals surface area (Å²) in [7, 11) is 3.01. The van der Waals surface area contributed by atoms with Gasteiger partial charge in [-0.05, 0) is 39.0 Å². The Morgan fingerprint density at radius 3 is 2.72 bits per heavy atom. The minimum absolute atomic E-state index is 0.0440. The van der Waals surface area contributed by atoms with Crippen LogP contribution in [0.2, 0.25) is 0 Å². The molecule has 12 nitrogen and oxygen atoms in total. The highest BCUT2D eigenvalue weighted by Gasteiger charge is 2.25. The summed E-state index contributed by atoms with van der Waals surface area (Å²) in [6.07, 6.45) is 3.17. The predicted octanol–water partition coefficient (Wildman–Crippen LogP) is 3.11. The van der Waals surface area contributed by atoms with E-state index < -0.39 is 17.1 Å². The molecule has 13 heteroatoms. The zero-order valence-corrected chi connectivity index (χ0v) is 21.1. The second-order valence-electron chi connectivity index (χ2n) is 8.18. The van der Waals surface area contributed by atoms with Crippen LogP contribution in [-0.2, 0) is 4.74 Å². The van der Waals surface area contributed by atoms with Gasteiger partial charge in [0.25, 0.3) is 5.91 Å². The van der Waals surface area contributed by atoms with E-state index in [1.54, 1.807) is 36.9 Å². The third-order valence-electron chi connectivity index (χ3n) is 5.14. The fraction of sp³-hybridized carbons (Fsp3) is 0.304. The van der Waals surface area contributed by atoms with Gasteiger partial charge in [-0.25, -0.2) is 9.48 Å². The Kier molecular flexibility index (Phi) is 7.12. The van der Waals surface area contributed by atoms with E-state index in [-0.39, 0.29) is 28.8 Å². The van der Waals surface area contributed by atoms with Crippen molar-refractivity contribution < 1.29 is 23.4 Å². The maximum absolute atomic E-state index is 13.0. The fourth-order valence-electron chi connectivity index (χ4n) is 3.05. The van der Waals surface area contributed by atoms with Crippen molar-refractivity contribution in [2.45, 2.75) is 26.4 Å². The molecule has 4 rings (SSSR count). The van der Waals surface area contributed by atoms with Crippen molar-refractivity contribution >= 4 is 22.4 Å². The third-order valence-corrected chi connectivity index (χ3v) is 5.96. The van der Waals surface area contributed by atoms with Crippen molar-refractivity contribution in [2.75, 3.05) is 26.1 Å². The Morgan fingerprint density at radius 1 is 1.22 bits per heavy atom. The molecule has 0 aromatic carbocycles. The molecule has 0 spiro atoms. The molecule has 36 heavy (non-hydrogen) atoms. The molecular weight excluding hydrogens is 488 g/mol. The lowest BCUT2D eigenvalue weighted by Crippen LogP contribution is -2.32. The Morgan fingerprint density at radius 2 is 2.03 bits per heavy atom. The van der Waals surface area contributed by atoms with E-state index in [0.29, 0.717) is 16.6 Å². The second kappa shape index (κ2) is 10.3. The summed E-state index contributed by atoms with van der Waals surface area (Å²) >= 11 is 1.11. The summed E-state index contributed by atoms with van der Waals surface area (Å²) in [6, 6.07) is 6.55. The van der Waals surface area contributed by atoms with Gasteiger partial charge in [-0.3, -0.25) is 15.1 Å². The lowest BCUT2D eigenvalue weighted by molar-refractivity contribution is -0.0153. The first-order valence-electron chi connectivity index (χ1n) is 10.7. The fourth-order valence-corrected chi connectivity index (χ4v) is 3.81. The van der Waals surface area contributed by atoms with Gasteiger partial charge < -0.3 is 18.6 Å². The quantitative estimate of drug-likeness (QED) is 0.355. The molecule has 0 bridgehead atoms. The Hall–Kier alpha value is -4.10. The third kappa shape index (κ3) is 5.26. The summed E-state index contributed by atoms with van der Waals surface area (Å²) in [6.45, 7) is 5.52. The normalized spacial score (nSPS) is 11.4. The standard InChI is InChI=1S/C23H24N6O6S/c1-13-8-10-25-29(13)22-28-27-21(36-22)26-19(30)16-11-14(17-15(32-4)7-6-9-24-17)18(20(31)35-16)34-12-23(2,3)33-5/h6-11H,12H2,1-5H3,(H,26,27,30). The molecule has 0 aliphatic rings. The minimum atomic E-state index is -0.859. The van der Waals surface area contributed by atoms with Crippen LogP contribution in [0.3, 0.4) is 0 Å². The predicted molar refractivity (Wildman–Crippen MR) is 131 cm³/mol. The number of carbonyl (C=O) groups excluding carboxylic acids is 1. The van der Waals surface area contributed by atoms with Gasteiger partial charge in [-0.15, -0.1) is 10.2 Å².